The largest absolute Gasteiger partial charge is 0.456 e. The van der Waals surface area contributed by atoms with Gasteiger partial charge in [0.05, 0.1) is 5.69 Å². The molecular formula is C51H31N9O2. The Labute approximate surface area is 354 Å². The van der Waals surface area contributed by atoms with E-state index < -0.39 is 0 Å². The van der Waals surface area contributed by atoms with E-state index in [1.54, 1.807) is 25.0 Å². The van der Waals surface area contributed by atoms with E-state index in [0.717, 1.165) is 83.5 Å². The van der Waals surface area contributed by atoms with E-state index in [-0.39, 0.29) is 0 Å². The molecule has 62 heavy (non-hydrogen) atoms. The Balaban J connectivity index is 0.929. The highest BCUT2D eigenvalue weighted by Gasteiger charge is 2.20. The molecule has 0 N–H and O–H groups in total. The average molecular weight is 802 g/mol. The van der Waals surface area contributed by atoms with Crippen LogP contribution in [0.4, 0.5) is 0 Å². The third-order valence-corrected chi connectivity index (χ3v) is 11.1. The number of nitrogens with zero attached hydrogens (tertiary/aromatic N) is 9. The number of benzene rings is 4. The van der Waals surface area contributed by atoms with Gasteiger partial charge in [0.1, 0.15) is 41.2 Å². The zero-order valence-electron chi connectivity index (χ0n) is 32.8. The van der Waals surface area contributed by atoms with Crippen LogP contribution in [0.1, 0.15) is 22.4 Å². The molecule has 0 fully saturated rings. The van der Waals surface area contributed by atoms with Crippen molar-refractivity contribution in [2.24, 2.45) is 0 Å². The Bertz CT molecular complexity index is 3410. The van der Waals surface area contributed by atoms with Crippen molar-refractivity contribution >= 4 is 33.1 Å². The molecule has 0 spiro atoms. The summed E-state index contributed by atoms with van der Waals surface area (Å²) in [7, 11) is 0. The molecule has 11 heteroatoms. The summed E-state index contributed by atoms with van der Waals surface area (Å²) < 4.78 is 16.4. The maximum Gasteiger partial charge on any atom is 0.170 e. The number of hydrogen-bond donors (Lipinski definition) is 0. The van der Waals surface area contributed by atoms with Crippen molar-refractivity contribution in [3.05, 3.63) is 211 Å². The number of allylic oxidation sites excluding steroid dienone is 4. The molecule has 7 heterocycles. The van der Waals surface area contributed by atoms with Crippen LogP contribution in [0.5, 0.6) is 5.75 Å². The second-order valence-electron chi connectivity index (χ2n) is 15.0. The van der Waals surface area contributed by atoms with Crippen LogP contribution in [0.3, 0.4) is 0 Å². The molecule has 0 saturated carbocycles. The van der Waals surface area contributed by atoms with Crippen molar-refractivity contribution in [3.8, 4) is 51.3 Å². The lowest BCUT2D eigenvalue weighted by Crippen LogP contribution is -2.01. The van der Waals surface area contributed by atoms with Gasteiger partial charge in [-0.15, -0.1) is 20.4 Å². The Morgan fingerprint density at radius 1 is 0.548 bits per heavy atom. The van der Waals surface area contributed by atoms with Crippen molar-refractivity contribution in [1.82, 2.24) is 44.5 Å². The van der Waals surface area contributed by atoms with E-state index in [1.807, 2.05) is 88.1 Å². The lowest BCUT2D eigenvalue weighted by Gasteiger charge is -2.16. The zero-order valence-corrected chi connectivity index (χ0v) is 32.8. The summed E-state index contributed by atoms with van der Waals surface area (Å²) in [5.74, 6) is 4.18. The second kappa shape index (κ2) is 14.5. The summed E-state index contributed by atoms with van der Waals surface area (Å²) in [5, 5.41) is 19.8. The summed E-state index contributed by atoms with van der Waals surface area (Å²) in [6, 6.07) is 42.9. The van der Waals surface area contributed by atoms with Gasteiger partial charge in [-0.3, -0.25) is 14.1 Å². The zero-order chi connectivity index (χ0) is 41.0. The highest BCUT2D eigenvalue weighted by Crippen LogP contribution is 2.39. The molecule has 0 saturated heterocycles. The van der Waals surface area contributed by atoms with Gasteiger partial charge >= 0.3 is 0 Å². The van der Waals surface area contributed by atoms with Crippen molar-refractivity contribution in [3.63, 3.8) is 0 Å². The molecule has 292 valence electrons. The molecule has 4 aromatic carbocycles. The predicted molar refractivity (Wildman–Crippen MR) is 237 cm³/mol. The molecule has 0 radical (unpaired) electrons. The molecule has 1 aliphatic carbocycles. The molecule has 0 unspecified atom stereocenters. The van der Waals surface area contributed by atoms with Crippen molar-refractivity contribution in [1.29, 1.82) is 0 Å². The fourth-order valence-electron chi connectivity index (χ4n) is 8.18. The van der Waals surface area contributed by atoms with Crippen molar-refractivity contribution < 1.29 is 9.15 Å². The third kappa shape index (κ3) is 6.29. The van der Waals surface area contributed by atoms with Crippen molar-refractivity contribution in [2.75, 3.05) is 0 Å². The summed E-state index contributed by atoms with van der Waals surface area (Å²) in [6.07, 6.45) is 15.5. The molecule has 2 aliphatic rings. The topological polar surface area (TPSA) is 122 Å². The van der Waals surface area contributed by atoms with Crippen LogP contribution in [0.25, 0.3) is 78.6 Å². The molecule has 6 aromatic heterocycles. The molecule has 0 amide bonds. The maximum absolute atomic E-state index is 6.42. The Morgan fingerprint density at radius 3 is 1.89 bits per heavy atom. The minimum absolute atomic E-state index is 0.636. The monoisotopic (exact) mass is 801 g/mol. The van der Waals surface area contributed by atoms with Gasteiger partial charge in [-0.25, -0.2) is 9.97 Å². The number of fused-ring (bicyclic) bond motifs is 5. The van der Waals surface area contributed by atoms with E-state index in [1.165, 1.54) is 0 Å². The first-order valence-electron chi connectivity index (χ1n) is 20.0. The normalized spacial score (nSPS) is 13.0. The van der Waals surface area contributed by atoms with Gasteiger partial charge in [0.2, 0.25) is 0 Å². The molecule has 11 nitrogen and oxygen atoms in total. The lowest BCUT2D eigenvalue weighted by atomic mass is 9.95. The number of ether oxygens (including phenoxy) is 1. The van der Waals surface area contributed by atoms with Gasteiger partial charge < -0.3 is 9.15 Å². The van der Waals surface area contributed by atoms with Gasteiger partial charge in [-0.2, -0.15) is 0 Å². The van der Waals surface area contributed by atoms with Crippen molar-refractivity contribution in [2.45, 2.75) is 6.42 Å². The van der Waals surface area contributed by atoms with Crippen LogP contribution < -0.4 is 4.74 Å². The van der Waals surface area contributed by atoms with Crippen LogP contribution in [0.2, 0.25) is 0 Å². The maximum atomic E-state index is 6.42. The fourth-order valence-corrected chi connectivity index (χ4v) is 8.18. The summed E-state index contributed by atoms with van der Waals surface area (Å²) in [4.78, 5) is 13.7. The second-order valence-corrected chi connectivity index (χ2v) is 15.0. The number of aromatic nitrogens is 9. The van der Waals surface area contributed by atoms with Crippen LogP contribution in [-0.2, 0) is 6.42 Å². The van der Waals surface area contributed by atoms with E-state index in [0.29, 0.717) is 35.5 Å². The Morgan fingerprint density at radius 2 is 1.19 bits per heavy atom. The first-order valence-corrected chi connectivity index (χ1v) is 20.0. The van der Waals surface area contributed by atoms with E-state index in [4.69, 9.17) is 9.15 Å². The third-order valence-electron chi connectivity index (χ3n) is 11.1. The van der Waals surface area contributed by atoms with Gasteiger partial charge in [-0.05, 0) is 138 Å². The number of furan rings is 1. The number of pyridine rings is 3. The van der Waals surface area contributed by atoms with Crippen LogP contribution in [0.15, 0.2) is 193 Å². The minimum atomic E-state index is 0.636. The van der Waals surface area contributed by atoms with E-state index in [2.05, 4.69) is 114 Å². The van der Waals surface area contributed by atoms with Gasteiger partial charge in [0.15, 0.2) is 17.4 Å². The number of hydrogen-bond acceptors (Lipinski definition) is 9. The smallest absolute Gasteiger partial charge is 0.170 e. The highest BCUT2D eigenvalue weighted by atomic mass is 16.5. The van der Waals surface area contributed by atoms with Crippen LogP contribution >= 0.6 is 0 Å². The van der Waals surface area contributed by atoms with Crippen LogP contribution in [-0.4, -0.2) is 44.5 Å². The van der Waals surface area contributed by atoms with E-state index in [9.17, 15) is 0 Å². The van der Waals surface area contributed by atoms with Gasteiger partial charge in [0.25, 0.3) is 0 Å². The SMILES string of the molecule is C1=C2C=CC(c3ccccn3)=CC=1c1cc(Cc3ccc4oc5ccc(-c6cc(-c7nncn7-c7ccccn7)cc(-c7nncn7-c7ccccn7)c6)cc5c4c3)ccc1O2. The lowest BCUT2D eigenvalue weighted by molar-refractivity contribution is 0.441. The molecule has 2 bridgehead atoms. The fraction of sp³-hybridized carbons (Fsp3) is 0.0196. The van der Waals surface area contributed by atoms with Gasteiger partial charge in [-0.1, -0.05) is 42.1 Å². The molecule has 1 aliphatic heterocycles. The summed E-state index contributed by atoms with van der Waals surface area (Å²) >= 11 is 0. The van der Waals surface area contributed by atoms with Gasteiger partial charge in [0, 0.05) is 57.2 Å². The summed E-state index contributed by atoms with van der Waals surface area (Å²) in [6.45, 7) is 0. The first kappa shape index (κ1) is 35.2. The predicted octanol–water partition coefficient (Wildman–Crippen LogP) is 10.4. The molecular weight excluding hydrogens is 771 g/mol. The highest BCUT2D eigenvalue weighted by molar-refractivity contribution is 6.06. The van der Waals surface area contributed by atoms with Crippen LogP contribution in [0, 0.1) is 0 Å². The average Bonchev–Trinajstić information content (AvgIpc) is 4.08. The molecule has 0 atom stereocenters. The minimum Gasteiger partial charge on any atom is -0.456 e. The number of rotatable bonds is 8. The first-order chi connectivity index (χ1) is 30.7. The van der Waals surface area contributed by atoms with E-state index >= 15 is 0 Å². The molecule has 12 rings (SSSR count). The Kier molecular flexibility index (Phi) is 8.22. The standard InChI is InChI=1S/C51H31N9O2/c1-4-18-52-44(7-1)35-12-14-40-28-37(24-35)41-22-32(10-15-45(41)61-40)21-33-11-16-46-42(23-33)43-29-34(13-17-47(43)62-46)36-25-38(50-57-55-30-59(50)48-8-2-5-19-53-48)27-39(26-36)51-58-56-31-60(51)49-9-3-6-20-54-49/h1-20,22-27,29-31H,21H2. The quantitative estimate of drug-likeness (QED) is 0.138. The summed E-state index contributed by atoms with van der Waals surface area (Å²) in [5.41, 5.74) is 14.9. The molecule has 10 aromatic rings. The Hall–Kier alpha value is -8.79.